The third-order valence-corrected chi connectivity index (χ3v) is 2.59. The van der Waals surface area contributed by atoms with Crippen LogP contribution in [0.1, 0.15) is 5.56 Å². The lowest BCUT2D eigenvalue weighted by molar-refractivity contribution is -0.138. The first kappa shape index (κ1) is 13.7. The van der Waals surface area contributed by atoms with Crippen LogP contribution in [0.15, 0.2) is 30.5 Å². The maximum atomic E-state index is 13.6. The Bertz CT molecular complexity index is 624. The molecule has 0 saturated carbocycles. The lowest BCUT2D eigenvalue weighted by atomic mass is 10.1. The largest absolute Gasteiger partial charge is 0.417 e. The van der Waals surface area contributed by atoms with E-state index in [1.54, 1.807) is 0 Å². The van der Waals surface area contributed by atoms with Gasteiger partial charge in [0, 0.05) is 16.8 Å². The Morgan fingerprint density at radius 3 is 2.21 bits per heavy atom. The second kappa shape index (κ2) is 4.77. The van der Waals surface area contributed by atoms with Crippen LogP contribution in [-0.2, 0) is 6.18 Å². The molecule has 0 bridgehead atoms. The summed E-state index contributed by atoms with van der Waals surface area (Å²) < 4.78 is 64.1. The summed E-state index contributed by atoms with van der Waals surface area (Å²) in [5.41, 5.74) is -1.99. The first-order valence-corrected chi connectivity index (χ1v) is 5.35. The van der Waals surface area contributed by atoms with E-state index in [1.807, 2.05) is 0 Å². The van der Waals surface area contributed by atoms with Gasteiger partial charge >= 0.3 is 6.18 Å². The summed E-state index contributed by atoms with van der Waals surface area (Å²) in [6.45, 7) is 0. The fraction of sp³-hybridized carbons (Fsp3) is 0.0833. The van der Waals surface area contributed by atoms with Crippen molar-refractivity contribution < 1.29 is 22.0 Å². The molecule has 0 radical (unpaired) electrons. The van der Waals surface area contributed by atoms with E-state index in [2.05, 4.69) is 4.98 Å². The van der Waals surface area contributed by atoms with Crippen molar-refractivity contribution in [2.24, 2.45) is 0 Å². The zero-order valence-corrected chi connectivity index (χ0v) is 9.86. The summed E-state index contributed by atoms with van der Waals surface area (Å²) in [4.78, 5) is 3.33. The summed E-state index contributed by atoms with van der Waals surface area (Å²) in [7, 11) is 0. The van der Waals surface area contributed by atoms with E-state index in [0.29, 0.717) is 6.20 Å². The van der Waals surface area contributed by atoms with Crippen LogP contribution in [0.2, 0.25) is 5.02 Å². The highest BCUT2D eigenvalue weighted by Gasteiger charge is 2.32. The van der Waals surface area contributed by atoms with E-state index in [9.17, 15) is 22.0 Å². The number of hydrogen-bond acceptors (Lipinski definition) is 1. The normalized spacial score (nSPS) is 11.7. The molecule has 19 heavy (non-hydrogen) atoms. The van der Waals surface area contributed by atoms with E-state index in [-0.39, 0.29) is 16.7 Å². The highest BCUT2D eigenvalue weighted by molar-refractivity contribution is 6.30. The van der Waals surface area contributed by atoms with Crippen LogP contribution in [0.3, 0.4) is 0 Å². The smallest absolute Gasteiger partial charge is 0.252 e. The topological polar surface area (TPSA) is 12.9 Å². The van der Waals surface area contributed by atoms with Gasteiger partial charge in [0.2, 0.25) is 0 Å². The van der Waals surface area contributed by atoms with E-state index >= 15 is 0 Å². The minimum atomic E-state index is -4.70. The Balaban J connectivity index is 2.52. The monoisotopic (exact) mass is 293 g/mol. The van der Waals surface area contributed by atoms with Crippen molar-refractivity contribution in [3.05, 3.63) is 52.7 Å². The first-order chi connectivity index (χ1) is 8.79. The average Bonchev–Trinajstić information content (AvgIpc) is 2.28. The Kier molecular flexibility index (Phi) is 3.45. The van der Waals surface area contributed by atoms with Crippen molar-refractivity contribution in [2.75, 3.05) is 0 Å². The molecular formula is C12H5ClF5N. The highest BCUT2D eigenvalue weighted by Crippen LogP contribution is 2.32. The number of benzene rings is 1. The Morgan fingerprint density at radius 2 is 1.68 bits per heavy atom. The molecule has 2 aromatic rings. The van der Waals surface area contributed by atoms with Gasteiger partial charge in [0.1, 0.15) is 17.3 Å². The third-order valence-electron chi connectivity index (χ3n) is 2.35. The van der Waals surface area contributed by atoms with Gasteiger partial charge < -0.3 is 0 Å². The van der Waals surface area contributed by atoms with Crippen LogP contribution in [0.25, 0.3) is 11.3 Å². The molecule has 0 unspecified atom stereocenters. The van der Waals surface area contributed by atoms with Crippen LogP contribution in [-0.4, -0.2) is 4.98 Å². The van der Waals surface area contributed by atoms with Crippen LogP contribution >= 0.6 is 11.6 Å². The van der Waals surface area contributed by atoms with Crippen molar-refractivity contribution in [1.29, 1.82) is 0 Å². The number of hydrogen-bond donors (Lipinski definition) is 0. The van der Waals surface area contributed by atoms with Gasteiger partial charge in [-0.1, -0.05) is 11.6 Å². The minimum absolute atomic E-state index is 0.0913. The van der Waals surface area contributed by atoms with Gasteiger partial charge in [-0.25, -0.2) is 8.78 Å². The zero-order chi connectivity index (χ0) is 14.2. The molecule has 7 heteroatoms. The predicted octanol–water partition coefficient (Wildman–Crippen LogP) is 4.70. The van der Waals surface area contributed by atoms with Gasteiger partial charge in [-0.05, 0) is 24.3 Å². The molecule has 0 atom stereocenters. The number of halogens is 6. The summed E-state index contributed by atoms with van der Waals surface area (Å²) in [6.07, 6.45) is -4.25. The predicted molar refractivity (Wildman–Crippen MR) is 59.6 cm³/mol. The Morgan fingerprint density at radius 1 is 1.00 bits per heavy atom. The van der Waals surface area contributed by atoms with Crippen molar-refractivity contribution in [3.63, 3.8) is 0 Å². The Hall–Kier alpha value is -1.69. The van der Waals surface area contributed by atoms with Gasteiger partial charge in [-0.3, -0.25) is 4.98 Å². The van der Waals surface area contributed by atoms with Gasteiger partial charge in [0.15, 0.2) is 0 Å². The number of alkyl halides is 3. The minimum Gasteiger partial charge on any atom is -0.252 e. The fourth-order valence-electron chi connectivity index (χ4n) is 1.47. The molecule has 1 nitrogen and oxygen atoms in total. The SMILES string of the molecule is Fc1cc(Cl)ccc1-c1ncc(C(F)(F)F)cc1F. The zero-order valence-electron chi connectivity index (χ0n) is 9.10. The number of aromatic nitrogens is 1. The third kappa shape index (κ3) is 2.84. The van der Waals surface area contributed by atoms with E-state index in [4.69, 9.17) is 11.6 Å². The summed E-state index contributed by atoms with van der Waals surface area (Å²) in [5.74, 6) is -2.12. The molecule has 0 aliphatic heterocycles. The molecule has 0 spiro atoms. The van der Waals surface area contributed by atoms with Crippen molar-refractivity contribution in [3.8, 4) is 11.3 Å². The van der Waals surface area contributed by atoms with Gasteiger partial charge in [0.25, 0.3) is 0 Å². The molecule has 1 aromatic carbocycles. The van der Waals surface area contributed by atoms with Crippen LogP contribution in [0.4, 0.5) is 22.0 Å². The van der Waals surface area contributed by atoms with Crippen molar-refractivity contribution in [1.82, 2.24) is 4.98 Å². The van der Waals surface area contributed by atoms with Crippen molar-refractivity contribution >= 4 is 11.6 Å². The molecule has 0 N–H and O–H groups in total. The fourth-order valence-corrected chi connectivity index (χ4v) is 1.63. The molecule has 2 rings (SSSR count). The van der Waals surface area contributed by atoms with Crippen LogP contribution in [0, 0.1) is 11.6 Å². The molecule has 0 aliphatic rings. The quantitative estimate of drug-likeness (QED) is 0.695. The molecule has 1 aromatic heterocycles. The molecule has 0 saturated heterocycles. The Labute approximate surface area is 109 Å². The molecule has 1 heterocycles. The van der Waals surface area contributed by atoms with Gasteiger partial charge in [-0.2, -0.15) is 13.2 Å². The molecule has 0 aliphatic carbocycles. The summed E-state index contributed by atoms with van der Waals surface area (Å²) in [5, 5.41) is 0.0913. The molecule has 0 fully saturated rings. The van der Waals surface area contributed by atoms with Crippen molar-refractivity contribution in [2.45, 2.75) is 6.18 Å². The van der Waals surface area contributed by atoms with E-state index in [1.165, 1.54) is 6.07 Å². The van der Waals surface area contributed by atoms with Gasteiger partial charge in [-0.15, -0.1) is 0 Å². The van der Waals surface area contributed by atoms with Crippen LogP contribution < -0.4 is 0 Å². The summed E-state index contributed by atoms with van der Waals surface area (Å²) >= 11 is 5.53. The number of rotatable bonds is 1. The number of nitrogens with zero attached hydrogens (tertiary/aromatic N) is 1. The molecule has 0 amide bonds. The van der Waals surface area contributed by atoms with Gasteiger partial charge in [0.05, 0.1) is 5.56 Å². The van der Waals surface area contributed by atoms with E-state index in [0.717, 1.165) is 12.1 Å². The standard InChI is InChI=1S/C12H5ClF5N/c13-7-1-2-8(9(14)4-7)11-10(15)3-6(5-19-11)12(16,17)18/h1-5H. The maximum absolute atomic E-state index is 13.6. The first-order valence-electron chi connectivity index (χ1n) is 4.97. The lowest BCUT2D eigenvalue weighted by Crippen LogP contribution is -2.07. The number of pyridine rings is 1. The lowest BCUT2D eigenvalue weighted by Gasteiger charge is -2.09. The molecular weight excluding hydrogens is 289 g/mol. The average molecular weight is 294 g/mol. The highest BCUT2D eigenvalue weighted by atomic mass is 35.5. The van der Waals surface area contributed by atoms with E-state index < -0.39 is 29.1 Å². The second-order valence-electron chi connectivity index (χ2n) is 3.68. The molecule has 100 valence electrons. The maximum Gasteiger partial charge on any atom is 0.417 e. The summed E-state index contributed by atoms with van der Waals surface area (Å²) in [6, 6.07) is 3.64. The second-order valence-corrected chi connectivity index (χ2v) is 4.11. The van der Waals surface area contributed by atoms with Crippen LogP contribution in [0.5, 0.6) is 0 Å².